The van der Waals surface area contributed by atoms with E-state index in [2.05, 4.69) is 264 Å². The van der Waals surface area contributed by atoms with Crippen LogP contribution in [0.4, 0.5) is 17.1 Å². The third-order valence-electron chi connectivity index (χ3n) is 14.5. The van der Waals surface area contributed by atoms with Crippen molar-refractivity contribution in [1.29, 1.82) is 0 Å². The van der Waals surface area contributed by atoms with Crippen molar-refractivity contribution in [2.24, 2.45) is 0 Å². The van der Waals surface area contributed by atoms with E-state index >= 15 is 0 Å². The van der Waals surface area contributed by atoms with Crippen molar-refractivity contribution in [1.82, 2.24) is 4.57 Å². The molecule has 0 atom stereocenters. The summed E-state index contributed by atoms with van der Waals surface area (Å²) in [5.74, 6) is 0. The van der Waals surface area contributed by atoms with Crippen LogP contribution in [0.15, 0.2) is 259 Å². The number of fused-ring (bicyclic) bond motifs is 11. The van der Waals surface area contributed by atoms with E-state index in [0.717, 1.165) is 66.6 Å². The smallest absolute Gasteiger partial charge is 0.143 e. The Balaban J connectivity index is 1.05. The van der Waals surface area contributed by atoms with Gasteiger partial charge < -0.3 is 13.9 Å². The van der Waals surface area contributed by atoms with Gasteiger partial charge in [-0.1, -0.05) is 200 Å². The summed E-state index contributed by atoms with van der Waals surface area (Å²) in [5, 5.41) is 6.99. The summed E-state index contributed by atoms with van der Waals surface area (Å²) in [7, 11) is 0. The molecule has 13 aromatic rings. The molecular weight excluding hydrogens is 825 g/mol. The van der Waals surface area contributed by atoms with Crippen molar-refractivity contribution < 1.29 is 4.42 Å². The standard InChI is InChI=1S/C65H42N2O/c1-3-20-44(21-4-1)65(45-22-5-2-6-23-45)56-31-13-9-28-55(56)62-57(65)32-18-36-61(62)67(47-40-38-46(39-41-47)66-58-33-14-10-25-49(58)50-26-11-15-34-59(50)66)60-35-16-12-27-51(60)52-29-17-30-53-54-42-37-43-19-7-8-24-48(43)63(54)68-64(52)53/h1-42H. The van der Waals surface area contributed by atoms with E-state index < -0.39 is 5.41 Å². The first-order valence-electron chi connectivity index (χ1n) is 23.4. The molecular formula is C65H42N2O. The molecule has 3 heteroatoms. The lowest BCUT2D eigenvalue weighted by atomic mass is 9.68. The van der Waals surface area contributed by atoms with Crippen LogP contribution in [0.1, 0.15) is 22.3 Å². The van der Waals surface area contributed by atoms with Crippen molar-refractivity contribution in [3.8, 4) is 27.9 Å². The zero-order valence-corrected chi connectivity index (χ0v) is 37.1. The monoisotopic (exact) mass is 866 g/mol. The van der Waals surface area contributed by atoms with Crippen LogP contribution in [0.5, 0.6) is 0 Å². The van der Waals surface area contributed by atoms with E-state index in [9.17, 15) is 0 Å². The zero-order chi connectivity index (χ0) is 44.8. The minimum atomic E-state index is -0.557. The van der Waals surface area contributed by atoms with E-state index in [4.69, 9.17) is 4.42 Å². The number of nitrogens with zero attached hydrogens (tertiary/aromatic N) is 2. The summed E-state index contributed by atoms with van der Waals surface area (Å²) in [6.07, 6.45) is 0. The topological polar surface area (TPSA) is 21.3 Å². The van der Waals surface area contributed by atoms with Gasteiger partial charge in [0.2, 0.25) is 0 Å². The quantitative estimate of drug-likeness (QED) is 0.159. The second-order valence-corrected chi connectivity index (χ2v) is 17.9. The largest absolute Gasteiger partial charge is 0.455 e. The van der Waals surface area contributed by atoms with E-state index in [0.29, 0.717) is 0 Å². The fourth-order valence-electron chi connectivity index (χ4n) is 11.7. The molecule has 0 saturated heterocycles. The highest BCUT2D eigenvalue weighted by Gasteiger charge is 2.47. The van der Waals surface area contributed by atoms with E-state index in [1.807, 2.05) is 0 Å². The van der Waals surface area contributed by atoms with Crippen LogP contribution < -0.4 is 4.90 Å². The van der Waals surface area contributed by atoms with Crippen molar-refractivity contribution in [2.75, 3.05) is 4.90 Å². The number of anilines is 3. The van der Waals surface area contributed by atoms with Gasteiger partial charge in [-0.2, -0.15) is 0 Å². The molecule has 0 unspecified atom stereocenters. The fourth-order valence-corrected chi connectivity index (χ4v) is 11.7. The molecule has 318 valence electrons. The van der Waals surface area contributed by atoms with Crippen molar-refractivity contribution in [3.05, 3.63) is 277 Å². The average Bonchev–Trinajstić information content (AvgIpc) is 4.07. The van der Waals surface area contributed by atoms with Crippen LogP contribution in [0, 0.1) is 0 Å². The van der Waals surface area contributed by atoms with Crippen LogP contribution in [-0.2, 0) is 5.41 Å². The molecule has 0 aliphatic heterocycles. The lowest BCUT2D eigenvalue weighted by Gasteiger charge is -2.34. The second kappa shape index (κ2) is 15.1. The highest BCUT2D eigenvalue weighted by Crippen LogP contribution is 2.60. The number of benzene rings is 11. The molecule has 0 bridgehead atoms. The maximum absolute atomic E-state index is 7.05. The Hall–Kier alpha value is -8.92. The lowest BCUT2D eigenvalue weighted by Crippen LogP contribution is -2.28. The third-order valence-corrected chi connectivity index (χ3v) is 14.5. The second-order valence-electron chi connectivity index (χ2n) is 17.9. The number of furan rings is 1. The molecule has 2 heterocycles. The Bertz CT molecular complexity index is 3990. The van der Waals surface area contributed by atoms with Gasteiger partial charge in [0.05, 0.1) is 27.8 Å². The Morgan fingerprint density at radius 3 is 1.60 bits per heavy atom. The van der Waals surface area contributed by atoms with Crippen molar-refractivity contribution in [3.63, 3.8) is 0 Å². The Morgan fingerprint density at radius 2 is 0.868 bits per heavy atom. The first-order valence-corrected chi connectivity index (χ1v) is 23.4. The van der Waals surface area contributed by atoms with Gasteiger partial charge in [0.1, 0.15) is 11.2 Å². The molecule has 0 spiro atoms. The Kier molecular flexibility index (Phi) is 8.50. The van der Waals surface area contributed by atoms with E-state index in [1.165, 1.54) is 55.2 Å². The summed E-state index contributed by atoms with van der Waals surface area (Å²) in [4.78, 5) is 2.49. The van der Waals surface area contributed by atoms with Crippen LogP contribution >= 0.6 is 0 Å². The van der Waals surface area contributed by atoms with Crippen molar-refractivity contribution >= 4 is 71.6 Å². The summed E-state index contributed by atoms with van der Waals surface area (Å²) in [6, 6.07) is 93.0. The molecule has 68 heavy (non-hydrogen) atoms. The molecule has 1 aliphatic rings. The molecule has 0 saturated carbocycles. The SMILES string of the molecule is c1ccc(C2(c3ccccc3)c3ccccc3-c3c(N(c4ccc(-n5c6ccccc6c6ccccc65)cc4)c4ccccc4-c4cccc5c4oc4c6ccccc6ccc54)cccc32)cc1. The maximum Gasteiger partial charge on any atom is 0.143 e. The van der Waals surface area contributed by atoms with Gasteiger partial charge in [-0.15, -0.1) is 0 Å². The van der Waals surface area contributed by atoms with Gasteiger partial charge in [-0.3, -0.25) is 0 Å². The average molecular weight is 867 g/mol. The van der Waals surface area contributed by atoms with Gasteiger partial charge >= 0.3 is 0 Å². The normalized spacial score (nSPS) is 12.8. The summed E-state index contributed by atoms with van der Waals surface area (Å²) in [6.45, 7) is 0. The summed E-state index contributed by atoms with van der Waals surface area (Å²) >= 11 is 0. The van der Waals surface area contributed by atoms with Gasteiger partial charge in [-0.05, 0) is 87.8 Å². The molecule has 0 amide bonds. The predicted molar refractivity (Wildman–Crippen MR) is 283 cm³/mol. The molecule has 2 aromatic heterocycles. The molecule has 0 radical (unpaired) electrons. The zero-order valence-electron chi connectivity index (χ0n) is 37.1. The van der Waals surface area contributed by atoms with Crippen LogP contribution in [0.25, 0.3) is 82.5 Å². The van der Waals surface area contributed by atoms with Crippen LogP contribution in [0.3, 0.4) is 0 Å². The minimum absolute atomic E-state index is 0.557. The Labute approximate surface area is 394 Å². The lowest BCUT2D eigenvalue weighted by molar-refractivity contribution is 0.674. The van der Waals surface area contributed by atoms with Gasteiger partial charge in [0.15, 0.2) is 0 Å². The summed E-state index contributed by atoms with van der Waals surface area (Å²) < 4.78 is 9.44. The van der Waals surface area contributed by atoms with Crippen LogP contribution in [0.2, 0.25) is 0 Å². The summed E-state index contributed by atoms with van der Waals surface area (Å²) in [5.41, 5.74) is 17.5. The van der Waals surface area contributed by atoms with Gasteiger partial charge in [0, 0.05) is 55.0 Å². The maximum atomic E-state index is 7.05. The molecule has 11 aromatic carbocycles. The fraction of sp³-hybridized carbons (Fsp3) is 0.0154. The first kappa shape index (κ1) is 38.4. The number of aromatic nitrogens is 1. The first-order chi connectivity index (χ1) is 33.8. The predicted octanol–water partition coefficient (Wildman–Crippen LogP) is 17.3. The Morgan fingerprint density at radius 1 is 0.338 bits per heavy atom. The van der Waals surface area contributed by atoms with Crippen LogP contribution in [-0.4, -0.2) is 4.57 Å². The molecule has 14 rings (SSSR count). The number of hydrogen-bond acceptors (Lipinski definition) is 2. The highest BCUT2D eigenvalue weighted by molar-refractivity contribution is 6.18. The molecule has 1 aliphatic carbocycles. The highest BCUT2D eigenvalue weighted by atomic mass is 16.3. The van der Waals surface area contributed by atoms with Crippen molar-refractivity contribution in [2.45, 2.75) is 5.41 Å². The molecule has 0 N–H and O–H groups in total. The number of para-hydroxylation sites is 4. The molecule has 0 fully saturated rings. The van der Waals surface area contributed by atoms with E-state index in [1.54, 1.807) is 0 Å². The third kappa shape index (κ3) is 5.47. The van der Waals surface area contributed by atoms with Gasteiger partial charge in [-0.25, -0.2) is 0 Å². The number of hydrogen-bond donors (Lipinski definition) is 0. The minimum Gasteiger partial charge on any atom is -0.455 e. The van der Waals surface area contributed by atoms with E-state index in [-0.39, 0.29) is 0 Å². The number of rotatable bonds is 7. The molecule has 3 nitrogen and oxygen atoms in total. The van der Waals surface area contributed by atoms with Gasteiger partial charge in [0.25, 0.3) is 0 Å².